The third-order valence-electron chi connectivity index (χ3n) is 10.2. The summed E-state index contributed by atoms with van der Waals surface area (Å²) in [5.41, 5.74) is 2.61. The zero-order chi connectivity index (χ0) is 36.2. The summed E-state index contributed by atoms with van der Waals surface area (Å²) in [5.74, 6) is 0.643. The lowest BCUT2D eigenvalue weighted by atomic mass is 9.94. The maximum absolute atomic E-state index is 14.3. The Kier molecular flexibility index (Phi) is 10.9. The SMILES string of the molecule is CC(C)(C)OC(=O)N1CCN(C(=O)C(C)(C)Oc2cccc(N3CCC[C@@H](C(=O)N(Cc4ccc(-c5cn[nH]c5)cc4)C4CCCC4)C3)c2)CC1. The Hall–Kier alpha value is -4.54. The molecule has 1 aromatic heterocycles. The second-order valence-electron chi connectivity index (χ2n) is 15.7. The van der Waals surface area contributed by atoms with E-state index in [2.05, 4.69) is 50.3 Å². The van der Waals surface area contributed by atoms with Gasteiger partial charge in [-0.3, -0.25) is 14.7 Å². The molecule has 3 fully saturated rings. The third-order valence-corrected chi connectivity index (χ3v) is 10.2. The number of nitrogens with one attached hydrogen (secondary N) is 1. The molecule has 1 saturated carbocycles. The number of amides is 3. The molecule has 3 aliphatic rings. The van der Waals surface area contributed by atoms with Crippen LogP contribution in [0, 0.1) is 5.92 Å². The number of H-pyrrole nitrogens is 1. The van der Waals surface area contributed by atoms with Gasteiger partial charge in [-0.2, -0.15) is 5.10 Å². The summed E-state index contributed by atoms with van der Waals surface area (Å²) in [5, 5.41) is 6.94. The van der Waals surface area contributed by atoms with Crippen LogP contribution in [0.4, 0.5) is 10.5 Å². The van der Waals surface area contributed by atoms with Gasteiger partial charge in [0.15, 0.2) is 5.60 Å². The van der Waals surface area contributed by atoms with E-state index in [0.29, 0.717) is 45.0 Å². The summed E-state index contributed by atoms with van der Waals surface area (Å²) >= 11 is 0. The number of carbonyl (C=O) groups is 3. The third kappa shape index (κ3) is 9.04. The first-order valence-corrected chi connectivity index (χ1v) is 18.6. The highest BCUT2D eigenvalue weighted by molar-refractivity contribution is 5.85. The summed E-state index contributed by atoms with van der Waals surface area (Å²) in [6.07, 6.45) is 9.60. The minimum atomic E-state index is -1.11. The van der Waals surface area contributed by atoms with Crippen LogP contribution in [-0.2, 0) is 20.9 Å². The van der Waals surface area contributed by atoms with Crippen molar-refractivity contribution in [3.05, 3.63) is 66.5 Å². The summed E-state index contributed by atoms with van der Waals surface area (Å²) in [7, 11) is 0. The lowest BCUT2D eigenvalue weighted by Gasteiger charge is -2.39. The average Bonchev–Trinajstić information content (AvgIpc) is 3.86. The molecule has 51 heavy (non-hydrogen) atoms. The summed E-state index contributed by atoms with van der Waals surface area (Å²) in [4.78, 5) is 48.3. The van der Waals surface area contributed by atoms with Gasteiger partial charge < -0.3 is 29.1 Å². The van der Waals surface area contributed by atoms with Crippen molar-refractivity contribution in [1.82, 2.24) is 24.9 Å². The van der Waals surface area contributed by atoms with E-state index in [1.165, 1.54) is 12.8 Å². The maximum atomic E-state index is 14.3. The maximum Gasteiger partial charge on any atom is 0.410 e. The fourth-order valence-electron chi connectivity index (χ4n) is 7.54. The molecule has 0 radical (unpaired) electrons. The van der Waals surface area contributed by atoms with Gasteiger partial charge in [-0.25, -0.2) is 4.79 Å². The van der Waals surface area contributed by atoms with Crippen molar-refractivity contribution in [1.29, 1.82) is 0 Å². The molecule has 11 heteroatoms. The molecule has 1 N–H and O–H groups in total. The first-order valence-electron chi connectivity index (χ1n) is 18.6. The first kappa shape index (κ1) is 36.3. The van der Waals surface area contributed by atoms with E-state index in [1.54, 1.807) is 23.6 Å². The molecule has 3 amide bonds. The molecule has 274 valence electrons. The Morgan fingerprint density at radius 2 is 1.57 bits per heavy atom. The lowest BCUT2D eigenvalue weighted by molar-refractivity contribution is -0.147. The van der Waals surface area contributed by atoms with Crippen LogP contribution in [0.25, 0.3) is 11.1 Å². The molecular formula is C40H54N6O5. The number of rotatable bonds is 9. The number of piperidine rings is 1. The number of hydrogen-bond donors (Lipinski definition) is 1. The fourth-order valence-corrected chi connectivity index (χ4v) is 7.54. The molecule has 2 aromatic carbocycles. The molecule has 0 bridgehead atoms. The Bertz CT molecular complexity index is 1640. The Balaban J connectivity index is 1.07. The van der Waals surface area contributed by atoms with E-state index < -0.39 is 11.2 Å². The largest absolute Gasteiger partial charge is 0.478 e. The van der Waals surface area contributed by atoms with Gasteiger partial charge in [0.1, 0.15) is 11.4 Å². The van der Waals surface area contributed by atoms with Crippen LogP contribution in [0.2, 0.25) is 0 Å². The zero-order valence-corrected chi connectivity index (χ0v) is 30.9. The van der Waals surface area contributed by atoms with Gasteiger partial charge in [-0.05, 0) is 83.6 Å². The Labute approximate surface area is 302 Å². The van der Waals surface area contributed by atoms with Crippen LogP contribution < -0.4 is 9.64 Å². The second kappa shape index (κ2) is 15.4. The topological polar surface area (TPSA) is 111 Å². The van der Waals surface area contributed by atoms with Gasteiger partial charge in [0.25, 0.3) is 5.91 Å². The van der Waals surface area contributed by atoms with Crippen LogP contribution in [0.3, 0.4) is 0 Å². The number of ether oxygens (including phenoxy) is 2. The number of carbonyl (C=O) groups excluding carboxylic acids is 3. The molecule has 0 spiro atoms. The van der Waals surface area contributed by atoms with E-state index >= 15 is 0 Å². The summed E-state index contributed by atoms with van der Waals surface area (Å²) in [6.45, 7) is 12.9. The Morgan fingerprint density at radius 3 is 2.24 bits per heavy atom. The van der Waals surface area contributed by atoms with Crippen molar-refractivity contribution in [3.8, 4) is 16.9 Å². The van der Waals surface area contributed by atoms with E-state index in [1.807, 2.05) is 51.4 Å². The number of hydrogen-bond acceptors (Lipinski definition) is 7. The quantitative estimate of drug-likeness (QED) is 0.272. The average molecular weight is 699 g/mol. The van der Waals surface area contributed by atoms with Crippen molar-refractivity contribution in [2.24, 2.45) is 5.92 Å². The Morgan fingerprint density at radius 1 is 0.863 bits per heavy atom. The minimum Gasteiger partial charge on any atom is -0.478 e. The first-order chi connectivity index (χ1) is 24.4. The molecule has 3 heterocycles. The van der Waals surface area contributed by atoms with Crippen LogP contribution in [0.5, 0.6) is 5.75 Å². The number of anilines is 1. The molecular weight excluding hydrogens is 644 g/mol. The van der Waals surface area contributed by atoms with Crippen molar-refractivity contribution >= 4 is 23.6 Å². The number of nitrogens with zero attached hydrogens (tertiary/aromatic N) is 5. The lowest BCUT2D eigenvalue weighted by Crippen LogP contribution is -2.57. The summed E-state index contributed by atoms with van der Waals surface area (Å²) in [6, 6.07) is 16.6. The standard InChI is InChI=1S/C40H54N6O5/c1-39(2,3)51-38(49)44-22-20-43(21-23-44)37(48)40(4,5)50-35-14-8-13-34(24-35)45-19-9-10-31(28-45)36(47)46(33-11-6-7-12-33)27-29-15-17-30(18-16-29)32-25-41-42-26-32/h8,13-18,24-26,31,33H,6-7,9-12,19-23,27-28H2,1-5H3,(H,41,42)/t31-/m1/s1. The molecule has 2 aliphatic heterocycles. The smallest absolute Gasteiger partial charge is 0.410 e. The molecule has 3 aromatic rings. The monoisotopic (exact) mass is 698 g/mol. The molecule has 11 nitrogen and oxygen atoms in total. The predicted octanol–water partition coefficient (Wildman–Crippen LogP) is 6.50. The van der Waals surface area contributed by atoms with E-state index in [9.17, 15) is 14.4 Å². The summed E-state index contributed by atoms with van der Waals surface area (Å²) < 4.78 is 11.9. The number of aromatic nitrogens is 2. The molecule has 1 aliphatic carbocycles. The normalized spacial score (nSPS) is 18.8. The van der Waals surface area contributed by atoms with Crippen molar-refractivity contribution in [2.45, 2.75) is 96.9 Å². The second-order valence-corrected chi connectivity index (χ2v) is 15.7. The van der Waals surface area contributed by atoms with E-state index in [4.69, 9.17) is 9.47 Å². The van der Waals surface area contributed by atoms with Gasteiger partial charge in [0.05, 0.1) is 12.1 Å². The van der Waals surface area contributed by atoms with Gasteiger partial charge in [0.2, 0.25) is 5.91 Å². The number of piperazine rings is 1. The fraction of sp³-hybridized carbons (Fsp3) is 0.550. The molecule has 0 unspecified atom stereocenters. The predicted molar refractivity (Wildman–Crippen MR) is 197 cm³/mol. The molecule has 1 atom stereocenters. The van der Waals surface area contributed by atoms with Crippen LogP contribution in [-0.4, -0.2) is 99.3 Å². The highest BCUT2D eigenvalue weighted by atomic mass is 16.6. The van der Waals surface area contributed by atoms with Crippen LogP contribution in [0.15, 0.2) is 60.9 Å². The molecule has 2 saturated heterocycles. The van der Waals surface area contributed by atoms with Crippen molar-refractivity contribution in [3.63, 3.8) is 0 Å². The zero-order valence-electron chi connectivity index (χ0n) is 30.9. The minimum absolute atomic E-state index is 0.0912. The van der Waals surface area contributed by atoms with Gasteiger partial charge in [-0.1, -0.05) is 43.2 Å². The van der Waals surface area contributed by atoms with E-state index in [-0.39, 0.29) is 29.9 Å². The van der Waals surface area contributed by atoms with Gasteiger partial charge >= 0.3 is 6.09 Å². The molecule has 6 rings (SSSR count). The van der Waals surface area contributed by atoms with Crippen LogP contribution >= 0.6 is 0 Å². The van der Waals surface area contributed by atoms with Gasteiger partial charge in [0, 0.05) is 75.4 Å². The van der Waals surface area contributed by atoms with Crippen LogP contribution in [0.1, 0.15) is 78.7 Å². The van der Waals surface area contributed by atoms with Gasteiger partial charge in [-0.15, -0.1) is 0 Å². The highest BCUT2D eigenvalue weighted by Crippen LogP contribution is 2.32. The van der Waals surface area contributed by atoms with Crippen molar-refractivity contribution in [2.75, 3.05) is 44.2 Å². The number of benzene rings is 2. The highest BCUT2D eigenvalue weighted by Gasteiger charge is 2.38. The number of aromatic amines is 1. The van der Waals surface area contributed by atoms with E-state index in [0.717, 1.165) is 54.6 Å². The van der Waals surface area contributed by atoms with Crippen molar-refractivity contribution < 1.29 is 23.9 Å².